The summed E-state index contributed by atoms with van der Waals surface area (Å²) in [5.74, 6) is -0.562. The fraction of sp³-hybridized carbons (Fsp3) is 0.455. The van der Waals surface area contributed by atoms with E-state index in [1.54, 1.807) is 7.11 Å². The lowest BCUT2D eigenvalue weighted by Crippen LogP contribution is -2.29. The maximum absolute atomic E-state index is 12.9. The number of anilines is 1. The zero-order valence-electron chi connectivity index (χ0n) is 10.4. The molecule has 0 aliphatic rings. The van der Waals surface area contributed by atoms with Crippen LogP contribution in [0.1, 0.15) is 6.42 Å². The van der Waals surface area contributed by atoms with Gasteiger partial charge in [0.2, 0.25) is 10.0 Å². The maximum atomic E-state index is 12.9. The Morgan fingerprint density at radius 3 is 2.67 bits per heavy atom. The van der Waals surface area contributed by atoms with Crippen molar-refractivity contribution in [1.29, 1.82) is 0 Å². The number of ether oxygens (including phenoxy) is 1. The van der Waals surface area contributed by atoms with Crippen LogP contribution in [0.25, 0.3) is 0 Å². The van der Waals surface area contributed by atoms with E-state index in [4.69, 9.17) is 10.5 Å². The first kappa shape index (κ1) is 14.9. The van der Waals surface area contributed by atoms with Gasteiger partial charge < -0.3 is 10.5 Å². The van der Waals surface area contributed by atoms with E-state index in [2.05, 4.69) is 0 Å². The first-order valence-corrected chi connectivity index (χ1v) is 6.84. The molecule has 0 atom stereocenters. The number of halogens is 1. The van der Waals surface area contributed by atoms with E-state index in [1.165, 1.54) is 17.4 Å². The summed E-state index contributed by atoms with van der Waals surface area (Å²) >= 11 is 0. The SMILES string of the molecule is COCCCN(C)S(=O)(=O)c1ccc(F)cc1N. The molecular formula is C11H17FN2O3S. The zero-order valence-corrected chi connectivity index (χ0v) is 11.2. The maximum Gasteiger partial charge on any atom is 0.244 e. The number of nitrogens with two attached hydrogens (primary N) is 1. The summed E-state index contributed by atoms with van der Waals surface area (Å²) < 4.78 is 43.2. The van der Waals surface area contributed by atoms with E-state index in [1.807, 2.05) is 0 Å². The second kappa shape index (κ2) is 6.12. The average molecular weight is 276 g/mol. The van der Waals surface area contributed by atoms with Crippen LogP contribution in [0, 0.1) is 5.82 Å². The molecule has 7 heteroatoms. The third kappa shape index (κ3) is 3.41. The number of sulfonamides is 1. The van der Waals surface area contributed by atoms with E-state index in [0.717, 1.165) is 12.1 Å². The monoisotopic (exact) mass is 276 g/mol. The molecule has 1 aromatic carbocycles. The molecule has 0 radical (unpaired) electrons. The van der Waals surface area contributed by atoms with Gasteiger partial charge in [-0.15, -0.1) is 0 Å². The van der Waals surface area contributed by atoms with E-state index < -0.39 is 15.8 Å². The van der Waals surface area contributed by atoms with Crippen LogP contribution in [0.3, 0.4) is 0 Å². The number of rotatable bonds is 6. The highest BCUT2D eigenvalue weighted by Gasteiger charge is 2.22. The van der Waals surface area contributed by atoms with Crippen LogP contribution < -0.4 is 5.73 Å². The molecule has 102 valence electrons. The predicted molar refractivity (Wildman–Crippen MR) is 67.1 cm³/mol. The summed E-state index contributed by atoms with van der Waals surface area (Å²) in [5.41, 5.74) is 5.44. The minimum Gasteiger partial charge on any atom is -0.398 e. The second-order valence-electron chi connectivity index (χ2n) is 3.86. The molecule has 1 aromatic rings. The summed E-state index contributed by atoms with van der Waals surface area (Å²) in [5, 5.41) is 0. The first-order chi connectivity index (χ1) is 8.39. The largest absolute Gasteiger partial charge is 0.398 e. The standard InChI is InChI=1S/C11H17FN2O3S/c1-14(6-3-7-17-2)18(15,16)11-5-4-9(12)8-10(11)13/h4-5,8H,3,6-7,13H2,1-2H3. The van der Waals surface area contributed by atoms with Crippen molar-refractivity contribution in [2.75, 3.05) is 33.0 Å². The number of methoxy groups -OCH3 is 1. The Balaban J connectivity index is 2.91. The number of nitrogen functional groups attached to an aromatic ring is 1. The topological polar surface area (TPSA) is 72.6 Å². The highest BCUT2D eigenvalue weighted by atomic mass is 32.2. The quantitative estimate of drug-likeness (QED) is 0.623. The van der Waals surface area contributed by atoms with Crippen molar-refractivity contribution in [3.05, 3.63) is 24.0 Å². The Bertz CT molecular complexity index is 505. The zero-order chi connectivity index (χ0) is 13.8. The summed E-state index contributed by atoms with van der Waals surface area (Å²) in [6.45, 7) is 0.783. The van der Waals surface area contributed by atoms with Gasteiger partial charge >= 0.3 is 0 Å². The second-order valence-corrected chi connectivity index (χ2v) is 5.87. The van der Waals surface area contributed by atoms with Gasteiger partial charge in [0.05, 0.1) is 5.69 Å². The lowest BCUT2D eigenvalue weighted by molar-refractivity contribution is 0.189. The molecule has 0 aliphatic heterocycles. The third-order valence-corrected chi connectivity index (χ3v) is 4.41. The van der Waals surface area contributed by atoms with Crippen molar-refractivity contribution < 1.29 is 17.5 Å². The van der Waals surface area contributed by atoms with Gasteiger partial charge in [0.1, 0.15) is 10.7 Å². The van der Waals surface area contributed by atoms with Crippen LogP contribution in [-0.4, -0.2) is 40.0 Å². The van der Waals surface area contributed by atoms with Crippen LogP contribution in [0.15, 0.2) is 23.1 Å². The minimum atomic E-state index is -3.68. The highest BCUT2D eigenvalue weighted by molar-refractivity contribution is 7.89. The van der Waals surface area contributed by atoms with Crippen molar-refractivity contribution in [2.24, 2.45) is 0 Å². The molecule has 0 bridgehead atoms. The molecular weight excluding hydrogens is 259 g/mol. The van der Waals surface area contributed by atoms with Gasteiger partial charge in [0.15, 0.2) is 0 Å². The molecule has 2 N–H and O–H groups in total. The first-order valence-electron chi connectivity index (χ1n) is 5.40. The minimum absolute atomic E-state index is 0.0798. The number of benzene rings is 1. The van der Waals surface area contributed by atoms with Gasteiger partial charge in [-0.1, -0.05) is 0 Å². The highest BCUT2D eigenvalue weighted by Crippen LogP contribution is 2.22. The van der Waals surface area contributed by atoms with E-state index >= 15 is 0 Å². The van der Waals surface area contributed by atoms with Crippen LogP contribution >= 0.6 is 0 Å². The summed E-state index contributed by atoms with van der Waals surface area (Å²) in [6, 6.07) is 3.24. The summed E-state index contributed by atoms with van der Waals surface area (Å²) in [6.07, 6.45) is 0.577. The Labute approximate surface area is 106 Å². The van der Waals surface area contributed by atoms with E-state index in [-0.39, 0.29) is 10.6 Å². The number of hydrogen-bond donors (Lipinski definition) is 1. The van der Waals surface area contributed by atoms with Gasteiger partial charge in [-0.05, 0) is 24.6 Å². The smallest absolute Gasteiger partial charge is 0.244 e. The third-order valence-electron chi connectivity index (χ3n) is 2.48. The molecule has 0 unspecified atom stereocenters. The normalized spacial score (nSPS) is 12.0. The van der Waals surface area contributed by atoms with Crippen molar-refractivity contribution in [2.45, 2.75) is 11.3 Å². The molecule has 0 heterocycles. The molecule has 0 saturated heterocycles. The van der Waals surface area contributed by atoms with Crippen LogP contribution in [-0.2, 0) is 14.8 Å². The van der Waals surface area contributed by atoms with Gasteiger partial charge in [0, 0.05) is 27.3 Å². The number of nitrogens with zero attached hydrogens (tertiary/aromatic N) is 1. The van der Waals surface area contributed by atoms with Crippen molar-refractivity contribution in [3.63, 3.8) is 0 Å². The lowest BCUT2D eigenvalue weighted by atomic mass is 10.3. The Morgan fingerprint density at radius 2 is 2.11 bits per heavy atom. The van der Waals surface area contributed by atoms with Crippen LogP contribution in [0.2, 0.25) is 0 Å². The lowest BCUT2D eigenvalue weighted by Gasteiger charge is -2.18. The summed E-state index contributed by atoms with van der Waals surface area (Å²) in [4.78, 5) is -0.0798. The van der Waals surface area contributed by atoms with E-state index in [0.29, 0.717) is 19.6 Å². The van der Waals surface area contributed by atoms with Gasteiger partial charge in [-0.2, -0.15) is 0 Å². The molecule has 5 nitrogen and oxygen atoms in total. The summed E-state index contributed by atoms with van der Waals surface area (Å²) in [7, 11) is -0.681. The van der Waals surface area contributed by atoms with Gasteiger partial charge in [-0.3, -0.25) is 0 Å². The average Bonchev–Trinajstić information content (AvgIpc) is 2.28. The molecule has 0 saturated carbocycles. The fourth-order valence-electron chi connectivity index (χ4n) is 1.47. The molecule has 0 spiro atoms. The molecule has 1 rings (SSSR count). The molecule has 0 amide bonds. The molecule has 0 aliphatic carbocycles. The van der Waals surface area contributed by atoms with E-state index in [9.17, 15) is 12.8 Å². The predicted octanol–water partition coefficient (Wildman–Crippen LogP) is 1.06. The Hall–Kier alpha value is -1.18. The van der Waals surface area contributed by atoms with Gasteiger partial charge in [-0.25, -0.2) is 17.1 Å². The molecule has 0 aromatic heterocycles. The molecule has 18 heavy (non-hydrogen) atoms. The molecule has 0 fully saturated rings. The van der Waals surface area contributed by atoms with Crippen molar-refractivity contribution in [3.8, 4) is 0 Å². The Kier molecular flexibility index (Phi) is 5.06. The van der Waals surface area contributed by atoms with Crippen LogP contribution in [0.4, 0.5) is 10.1 Å². The van der Waals surface area contributed by atoms with Crippen molar-refractivity contribution in [1.82, 2.24) is 4.31 Å². The van der Waals surface area contributed by atoms with Gasteiger partial charge in [0.25, 0.3) is 0 Å². The Morgan fingerprint density at radius 1 is 1.44 bits per heavy atom. The van der Waals surface area contributed by atoms with Crippen molar-refractivity contribution >= 4 is 15.7 Å². The fourth-order valence-corrected chi connectivity index (χ4v) is 2.78. The van der Waals surface area contributed by atoms with Crippen LogP contribution in [0.5, 0.6) is 0 Å². The number of hydrogen-bond acceptors (Lipinski definition) is 4.